The number of nitrogens with zero attached hydrogens (tertiary/aromatic N) is 1. The molecule has 92 valence electrons. The molecular weight excluding hydrogens is 232 g/mol. The lowest BCUT2D eigenvalue weighted by Crippen LogP contribution is -2.34. The Hall–Kier alpha value is -1.13. The maximum absolute atomic E-state index is 5.38. The number of hydrogen-bond donors (Lipinski definition) is 1. The fourth-order valence-electron chi connectivity index (χ4n) is 1.51. The number of rotatable bonds is 3. The Kier molecular flexibility index (Phi) is 3.35. The number of furan rings is 1. The number of nitrogens with one attached hydrogen (secondary N) is 1. The van der Waals surface area contributed by atoms with E-state index in [1.807, 2.05) is 12.1 Å². The van der Waals surface area contributed by atoms with Crippen molar-refractivity contribution in [3.63, 3.8) is 0 Å². The summed E-state index contributed by atoms with van der Waals surface area (Å²) >= 11 is 1.72. The average molecular weight is 250 g/mol. The van der Waals surface area contributed by atoms with Gasteiger partial charge in [-0.3, -0.25) is 0 Å². The highest BCUT2D eigenvalue weighted by Gasteiger charge is 2.14. The summed E-state index contributed by atoms with van der Waals surface area (Å²) in [5.74, 6) is 0.848. The molecule has 0 bridgehead atoms. The Balaban J connectivity index is 2.14. The zero-order valence-electron chi connectivity index (χ0n) is 10.7. The van der Waals surface area contributed by atoms with Crippen molar-refractivity contribution in [2.45, 2.75) is 39.8 Å². The van der Waals surface area contributed by atoms with Crippen LogP contribution in [0.1, 0.15) is 30.7 Å². The number of aryl methyl sites for hydroxylation is 1. The van der Waals surface area contributed by atoms with E-state index >= 15 is 0 Å². The third kappa shape index (κ3) is 3.17. The van der Waals surface area contributed by atoms with Gasteiger partial charge in [0.25, 0.3) is 0 Å². The molecule has 0 aliphatic rings. The Bertz CT molecular complexity index is 480. The van der Waals surface area contributed by atoms with Gasteiger partial charge in [0, 0.05) is 17.0 Å². The van der Waals surface area contributed by atoms with Crippen molar-refractivity contribution in [2.24, 2.45) is 0 Å². The second-order valence-corrected chi connectivity index (χ2v) is 6.38. The minimum Gasteiger partial charge on any atom is -0.463 e. The molecule has 1 N–H and O–H groups in total. The molecule has 2 aromatic rings. The molecule has 3 nitrogen and oxygen atoms in total. The van der Waals surface area contributed by atoms with Gasteiger partial charge in [0.2, 0.25) is 0 Å². The molecule has 4 heteroatoms. The van der Waals surface area contributed by atoms with Crippen molar-refractivity contribution in [3.8, 4) is 11.5 Å². The highest BCUT2D eigenvalue weighted by Crippen LogP contribution is 2.27. The van der Waals surface area contributed by atoms with Crippen LogP contribution in [0.2, 0.25) is 0 Å². The van der Waals surface area contributed by atoms with Crippen LogP contribution in [0.3, 0.4) is 0 Å². The molecule has 2 heterocycles. The lowest BCUT2D eigenvalue weighted by Gasteiger charge is -2.19. The molecule has 2 rings (SSSR count). The molecule has 0 aliphatic carbocycles. The second kappa shape index (κ2) is 4.63. The number of thiazole rings is 1. The van der Waals surface area contributed by atoms with Crippen LogP contribution >= 0.6 is 11.3 Å². The topological polar surface area (TPSA) is 38.1 Å². The summed E-state index contributed by atoms with van der Waals surface area (Å²) in [6.07, 6.45) is 1.68. The first-order chi connectivity index (χ1) is 7.96. The van der Waals surface area contributed by atoms with E-state index in [2.05, 4.69) is 38.0 Å². The van der Waals surface area contributed by atoms with Gasteiger partial charge in [0.15, 0.2) is 5.76 Å². The van der Waals surface area contributed by atoms with E-state index in [1.165, 1.54) is 4.88 Å². The smallest absolute Gasteiger partial charge is 0.153 e. The van der Waals surface area contributed by atoms with Crippen molar-refractivity contribution in [3.05, 3.63) is 28.3 Å². The summed E-state index contributed by atoms with van der Waals surface area (Å²) < 4.78 is 5.38. The molecule has 17 heavy (non-hydrogen) atoms. The molecule has 0 amide bonds. The number of hydrogen-bond acceptors (Lipinski definition) is 4. The zero-order valence-corrected chi connectivity index (χ0v) is 11.5. The summed E-state index contributed by atoms with van der Waals surface area (Å²) in [7, 11) is 0. The summed E-state index contributed by atoms with van der Waals surface area (Å²) in [6, 6.07) is 3.84. The SMILES string of the molecule is Cc1sc(CNC(C)(C)C)nc1-c1ccco1. The van der Waals surface area contributed by atoms with Crippen molar-refractivity contribution in [1.82, 2.24) is 10.3 Å². The third-order valence-electron chi connectivity index (χ3n) is 2.37. The van der Waals surface area contributed by atoms with Gasteiger partial charge in [-0.2, -0.15) is 0 Å². The minimum absolute atomic E-state index is 0.115. The van der Waals surface area contributed by atoms with Gasteiger partial charge in [-0.05, 0) is 39.8 Å². The van der Waals surface area contributed by atoms with Gasteiger partial charge in [0.05, 0.1) is 6.26 Å². The van der Waals surface area contributed by atoms with Gasteiger partial charge < -0.3 is 9.73 Å². The van der Waals surface area contributed by atoms with Gasteiger partial charge in [-0.25, -0.2) is 4.98 Å². The number of aromatic nitrogens is 1. The quantitative estimate of drug-likeness (QED) is 0.904. The fourth-order valence-corrected chi connectivity index (χ4v) is 2.39. The molecule has 0 saturated carbocycles. The highest BCUT2D eigenvalue weighted by atomic mass is 32.1. The molecule has 2 aromatic heterocycles. The van der Waals surface area contributed by atoms with Crippen molar-refractivity contribution in [2.75, 3.05) is 0 Å². The fraction of sp³-hybridized carbons (Fsp3) is 0.462. The van der Waals surface area contributed by atoms with Crippen LogP contribution in [0.4, 0.5) is 0 Å². The first-order valence-electron chi connectivity index (χ1n) is 5.71. The maximum atomic E-state index is 5.38. The average Bonchev–Trinajstić information content (AvgIpc) is 2.82. The molecule has 0 spiro atoms. The molecular formula is C13H18N2OS. The monoisotopic (exact) mass is 250 g/mol. The van der Waals surface area contributed by atoms with E-state index < -0.39 is 0 Å². The van der Waals surface area contributed by atoms with Gasteiger partial charge in [-0.1, -0.05) is 0 Å². The standard InChI is InChI=1S/C13H18N2OS/c1-9-12(10-6-5-7-16-10)15-11(17-9)8-14-13(2,3)4/h5-7,14H,8H2,1-4H3. The molecule has 0 aliphatic heterocycles. The van der Waals surface area contributed by atoms with E-state index in [1.54, 1.807) is 17.6 Å². The normalized spacial score (nSPS) is 12.0. The van der Waals surface area contributed by atoms with Gasteiger partial charge >= 0.3 is 0 Å². The van der Waals surface area contributed by atoms with E-state index in [0.717, 1.165) is 23.0 Å². The molecule has 0 aromatic carbocycles. The van der Waals surface area contributed by atoms with E-state index in [0.29, 0.717) is 0 Å². The van der Waals surface area contributed by atoms with Crippen LogP contribution in [0.25, 0.3) is 11.5 Å². The van der Waals surface area contributed by atoms with Crippen molar-refractivity contribution < 1.29 is 4.42 Å². The van der Waals surface area contributed by atoms with Crippen molar-refractivity contribution in [1.29, 1.82) is 0 Å². The summed E-state index contributed by atoms with van der Waals surface area (Å²) in [4.78, 5) is 5.82. The summed E-state index contributed by atoms with van der Waals surface area (Å²) in [5, 5.41) is 4.54. The van der Waals surface area contributed by atoms with Crippen LogP contribution in [0.15, 0.2) is 22.8 Å². The largest absolute Gasteiger partial charge is 0.463 e. The summed E-state index contributed by atoms with van der Waals surface area (Å²) in [5.41, 5.74) is 1.08. The lowest BCUT2D eigenvalue weighted by atomic mass is 10.1. The zero-order chi connectivity index (χ0) is 12.5. The lowest BCUT2D eigenvalue weighted by molar-refractivity contribution is 0.424. The van der Waals surface area contributed by atoms with Crippen molar-refractivity contribution >= 4 is 11.3 Å². The van der Waals surface area contributed by atoms with E-state index in [-0.39, 0.29) is 5.54 Å². The Morgan fingerprint density at radius 1 is 1.41 bits per heavy atom. The predicted octanol–water partition coefficient (Wildman–Crippen LogP) is 3.60. The first-order valence-corrected chi connectivity index (χ1v) is 6.52. The molecule has 0 saturated heterocycles. The van der Waals surface area contributed by atoms with Crippen LogP contribution in [0, 0.1) is 6.92 Å². The highest BCUT2D eigenvalue weighted by molar-refractivity contribution is 7.12. The molecule has 0 radical (unpaired) electrons. The molecule has 0 atom stereocenters. The van der Waals surface area contributed by atoms with Crippen LogP contribution in [-0.4, -0.2) is 10.5 Å². The third-order valence-corrected chi connectivity index (χ3v) is 3.34. The minimum atomic E-state index is 0.115. The van der Waals surface area contributed by atoms with Gasteiger partial charge in [0.1, 0.15) is 10.7 Å². The first kappa shape index (κ1) is 12.3. The second-order valence-electron chi connectivity index (χ2n) is 5.09. The van der Waals surface area contributed by atoms with E-state index in [4.69, 9.17) is 4.42 Å². The Labute approximate surface area is 106 Å². The van der Waals surface area contributed by atoms with Crippen LogP contribution in [0.5, 0.6) is 0 Å². The molecule has 0 fully saturated rings. The Morgan fingerprint density at radius 3 is 2.76 bits per heavy atom. The predicted molar refractivity (Wildman–Crippen MR) is 71.1 cm³/mol. The van der Waals surface area contributed by atoms with E-state index in [9.17, 15) is 0 Å². The Morgan fingerprint density at radius 2 is 2.18 bits per heavy atom. The van der Waals surface area contributed by atoms with Crippen LogP contribution < -0.4 is 5.32 Å². The van der Waals surface area contributed by atoms with Gasteiger partial charge in [-0.15, -0.1) is 11.3 Å². The maximum Gasteiger partial charge on any atom is 0.153 e. The summed E-state index contributed by atoms with van der Waals surface area (Å²) in [6.45, 7) is 9.34. The molecule has 0 unspecified atom stereocenters. The van der Waals surface area contributed by atoms with Crippen LogP contribution in [-0.2, 0) is 6.54 Å².